The van der Waals surface area contributed by atoms with Gasteiger partial charge in [-0.2, -0.15) is 0 Å². The summed E-state index contributed by atoms with van der Waals surface area (Å²) in [6, 6.07) is 11.5. The number of hydrogen-bond donors (Lipinski definition) is 1. The molecule has 0 unspecified atom stereocenters. The highest BCUT2D eigenvalue weighted by atomic mass is 32.2. The summed E-state index contributed by atoms with van der Waals surface area (Å²) in [7, 11) is 0. The standard InChI is InChI=1S/C16H17N5O2S/c1-10-9-14(20-23-10)17-15(22)11(2)24-16-19-18-12(3)21(16)13-7-5-4-6-8-13/h4-9,11H,1-3H3,(H,17,20,22)/t11-/m1/s1. The lowest BCUT2D eigenvalue weighted by Gasteiger charge is -2.12. The molecule has 24 heavy (non-hydrogen) atoms. The zero-order valence-electron chi connectivity index (χ0n) is 13.6. The van der Waals surface area contributed by atoms with Gasteiger partial charge in [-0.25, -0.2) is 0 Å². The smallest absolute Gasteiger partial charge is 0.238 e. The average molecular weight is 343 g/mol. The Balaban J connectivity index is 1.75. The lowest BCUT2D eigenvalue weighted by Crippen LogP contribution is -2.23. The molecule has 1 atom stereocenters. The summed E-state index contributed by atoms with van der Waals surface area (Å²) < 4.78 is 6.87. The highest BCUT2D eigenvalue weighted by Crippen LogP contribution is 2.26. The normalized spacial score (nSPS) is 12.1. The van der Waals surface area contributed by atoms with E-state index in [0.717, 1.165) is 11.5 Å². The Bertz CT molecular complexity index is 843. The average Bonchev–Trinajstić information content (AvgIpc) is 3.14. The summed E-state index contributed by atoms with van der Waals surface area (Å²) in [6.07, 6.45) is 0. The number of hydrogen-bond acceptors (Lipinski definition) is 6. The van der Waals surface area contributed by atoms with Crippen LogP contribution in [0.5, 0.6) is 0 Å². The fraction of sp³-hybridized carbons (Fsp3) is 0.250. The van der Waals surface area contributed by atoms with Crippen LogP contribution in [-0.2, 0) is 4.79 Å². The molecule has 3 rings (SSSR count). The minimum absolute atomic E-state index is 0.173. The van der Waals surface area contributed by atoms with Crippen molar-refractivity contribution in [2.24, 2.45) is 0 Å². The van der Waals surface area contributed by atoms with Crippen LogP contribution in [0.2, 0.25) is 0 Å². The molecule has 0 saturated carbocycles. The highest BCUT2D eigenvalue weighted by molar-refractivity contribution is 8.00. The van der Waals surface area contributed by atoms with Gasteiger partial charge in [0.05, 0.1) is 5.25 Å². The van der Waals surface area contributed by atoms with Crippen LogP contribution in [0.1, 0.15) is 18.5 Å². The van der Waals surface area contributed by atoms with Gasteiger partial charge in [0.2, 0.25) is 5.91 Å². The molecule has 3 aromatic rings. The number of aryl methyl sites for hydroxylation is 2. The second-order valence-electron chi connectivity index (χ2n) is 5.27. The predicted octanol–water partition coefficient (Wildman–Crippen LogP) is 2.99. The van der Waals surface area contributed by atoms with Gasteiger partial charge >= 0.3 is 0 Å². The van der Waals surface area contributed by atoms with Crippen molar-refractivity contribution in [1.29, 1.82) is 0 Å². The number of nitrogens with one attached hydrogen (secondary N) is 1. The molecule has 8 heteroatoms. The molecule has 124 valence electrons. The number of nitrogens with zero attached hydrogens (tertiary/aromatic N) is 4. The number of amides is 1. The van der Waals surface area contributed by atoms with Crippen molar-refractivity contribution in [2.45, 2.75) is 31.2 Å². The van der Waals surface area contributed by atoms with Crippen LogP contribution in [0.4, 0.5) is 5.82 Å². The molecule has 1 aromatic carbocycles. The van der Waals surface area contributed by atoms with E-state index in [9.17, 15) is 4.79 Å². The molecule has 2 aromatic heterocycles. The van der Waals surface area contributed by atoms with Crippen molar-refractivity contribution in [1.82, 2.24) is 19.9 Å². The number of aromatic nitrogens is 4. The van der Waals surface area contributed by atoms with Crippen molar-refractivity contribution in [3.63, 3.8) is 0 Å². The van der Waals surface area contributed by atoms with Crippen LogP contribution in [-0.4, -0.2) is 31.1 Å². The fourth-order valence-corrected chi connectivity index (χ4v) is 3.07. The molecule has 0 bridgehead atoms. The molecule has 1 N–H and O–H groups in total. The molecular formula is C16H17N5O2S. The van der Waals surface area contributed by atoms with Crippen LogP contribution in [0, 0.1) is 13.8 Å². The maximum atomic E-state index is 12.3. The maximum absolute atomic E-state index is 12.3. The van der Waals surface area contributed by atoms with E-state index in [1.807, 2.05) is 48.7 Å². The predicted molar refractivity (Wildman–Crippen MR) is 91.3 cm³/mol. The molecule has 0 radical (unpaired) electrons. The first-order valence-corrected chi connectivity index (χ1v) is 8.31. The summed E-state index contributed by atoms with van der Waals surface area (Å²) >= 11 is 1.34. The van der Waals surface area contributed by atoms with Crippen LogP contribution in [0.15, 0.2) is 46.1 Å². The third-order valence-electron chi connectivity index (χ3n) is 3.34. The van der Waals surface area contributed by atoms with Gasteiger partial charge in [-0.1, -0.05) is 35.1 Å². The third-order valence-corrected chi connectivity index (χ3v) is 4.38. The molecule has 2 heterocycles. The first kappa shape index (κ1) is 16.3. The van der Waals surface area contributed by atoms with Crippen molar-refractivity contribution in [3.8, 4) is 5.69 Å². The SMILES string of the molecule is Cc1cc(NC(=O)[C@@H](C)Sc2nnc(C)n2-c2ccccc2)no1. The Labute approximate surface area is 143 Å². The number of anilines is 1. The Kier molecular flexibility index (Phi) is 4.66. The Morgan fingerprint density at radius 2 is 2.00 bits per heavy atom. The molecule has 1 amide bonds. The van der Waals surface area contributed by atoms with E-state index in [1.165, 1.54) is 11.8 Å². The van der Waals surface area contributed by atoms with Crippen molar-refractivity contribution in [3.05, 3.63) is 48.0 Å². The van der Waals surface area contributed by atoms with Gasteiger partial charge in [-0.05, 0) is 32.9 Å². The summed E-state index contributed by atoms with van der Waals surface area (Å²) in [5.74, 6) is 1.65. The van der Waals surface area contributed by atoms with Gasteiger partial charge in [-0.15, -0.1) is 10.2 Å². The largest absolute Gasteiger partial charge is 0.360 e. The Morgan fingerprint density at radius 3 is 2.67 bits per heavy atom. The molecule has 0 spiro atoms. The van der Waals surface area contributed by atoms with Gasteiger partial charge in [0, 0.05) is 11.8 Å². The van der Waals surface area contributed by atoms with Gasteiger partial charge < -0.3 is 9.84 Å². The van der Waals surface area contributed by atoms with Gasteiger partial charge in [0.1, 0.15) is 11.6 Å². The first-order valence-electron chi connectivity index (χ1n) is 7.43. The maximum Gasteiger partial charge on any atom is 0.238 e. The monoisotopic (exact) mass is 343 g/mol. The lowest BCUT2D eigenvalue weighted by atomic mass is 10.3. The molecular weight excluding hydrogens is 326 g/mol. The summed E-state index contributed by atoms with van der Waals surface area (Å²) in [5.41, 5.74) is 0.960. The van der Waals surface area contributed by atoms with E-state index in [2.05, 4.69) is 20.7 Å². The van der Waals surface area contributed by atoms with Crippen LogP contribution >= 0.6 is 11.8 Å². The van der Waals surface area contributed by atoms with E-state index in [4.69, 9.17) is 4.52 Å². The van der Waals surface area contributed by atoms with Crippen molar-refractivity contribution in [2.75, 3.05) is 5.32 Å². The van der Waals surface area contributed by atoms with Gasteiger partial charge in [0.25, 0.3) is 0 Å². The summed E-state index contributed by atoms with van der Waals surface area (Å²) in [6.45, 7) is 5.46. The zero-order chi connectivity index (χ0) is 17.1. The van der Waals surface area contributed by atoms with E-state index in [0.29, 0.717) is 16.7 Å². The van der Waals surface area contributed by atoms with Crippen molar-refractivity contribution >= 4 is 23.5 Å². The second-order valence-corrected chi connectivity index (χ2v) is 6.58. The number of para-hydroxylation sites is 1. The fourth-order valence-electron chi connectivity index (χ4n) is 2.16. The van der Waals surface area contributed by atoms with E-state index in [-0.39, 0.29) is 11.2 Å². The van der Waals surface area contributed by atoms with E-state index >= 15 is 0 Å². The molecule has 7 nitrogen and oxygen atoms in total. The lowest BCUT2D eigenvalue weighted by molar-refractivity contribution is -0.115. The van der Waals surface area contributed by atoms with Crippen molar-refractivity contribution < 1.29 is 9.32 Å². The first-order chi connectivity index (χ1) is 11.5. The zero-order valence-corrected chi connectivity index (χ0v) is 14.4. The summed E-state index contributed by atoms with van der Waals surface area (Å²) in [5, 5.41) is 15.1. The molecule has 0 saturated heterocycles. The number of thioether (sulfide) groups is 1. The van der Waals surface area contributed by atoms with Crippen LogP contribution in [0.25, 0.3) is 5.69 Å². The van der Waals surface area contributed by atoms with E-state index < -0.39 is 0 Å². The quantitative estimate of drug-likeness (QED) is 0.717. The highest BCUT2D eigenvalue weighted by Gasteiger charge is 2.20. The minimum atomic E-state index is -0.368. The second kappa shape index (κ2) is 6.88. The van der Waals surface area contributed by atoms with Crippen LogP contribution in [0.3, 0.4) is 0 Å². The van der Waals surface area contributed by atoms with E-state index in [1.54, 1.807) is 13.0 Å². The third kappa shape index (κ3) is 3.48. The molecule has 0 fully saturated rings. The van der Waals surface area contributed by atoms with Crippen LogP contribution < -0.4 is 5.32 Å². The topological polar surface area (TPSA) is 85.8 Å². The molecule has 0 aliphatic rings. The number of benzene rings is 1. The minimum Gasteiger partial charge on any atom is -0.360 e. The Morgan fingerprint density at radius 1 is 1.25 bits per heavy atom. The van der Waals surface area contributed by atoms with Gasteiger partial charge in [-0.3, -0.25) is 9.36 Å². The summed E-state index contributed by atoms with van der Waals surface area (Å²) in [4.78, 5) is 12.3. The van der Waals surface area contributed by atoms with Gasteiger partial charge in [0.15, 0.2) is 11.0 Å². The Hall–Kier alpha value is -2.61. The molecule has 0 aliphatic heterocycles. The number of carbonyl (C=O) groups is 1. The molecule has 0 aliphatic carbocycles. The number of rotatable bonds is 5. The number of carbonyl (C=O) groups excluding carboxylic acids is 1.